The van der Waals surface area contributed by atoms with Crippen LogP contribution in [-0.4, -0.2) is 53.1 Å². The Labute approximate surface area is 149 Å². The van der Waals surface area contributed by atoms with Crippen LogP contribution in [0.15, 0.2) is 24.3 Å². The maximum atomic E-state index is 10.8. The number of rotatable bonds is 4. The minimum Gasteiger partial charge on any atom is -0.497 e. The Morgan fingerprint density at radius 3 is 2.64 bits per heavy atom. The first-order valence-corrected chi connectivity index (χ1v) is 9.10. The number of hydrogen-bond donors (Lipinski definition) is 2. The van der Waals surface area contributed by atoms with Crippen molar-refractivity contribution < 1.29 is 19.5 Å². The lowest BCUT2D eigenvalue weighted by molar-refractivity contribution is -0.932. The number of quaternary nitrogens is 1. The minimum atomic E-state index is 0.0172. The van der Waals surface area contributed by atoms with E-state index in [4.69, 9.17) is 9.47 Å². The summed E-state index contributed by atoms with van der Waals surface area (Å²) in [5.74, 6) is 1.66. The molecule has 1 aliphatic rings. The molecule has 0 unspecified atom stereocenters. The van der Waals surface area contributed by atoms with Crippen LogP contribution in [0.4, 0.5) is 0 Å². The lowest BCUT2D eigenvalue weighted by Crippen LogP contribution is -3.14. The molecule has 0 radical (unpaired) electrons. The highest BCUT2D eigenvalue weighted by atomic mass is 32.1. The molecule has 1 aromatic carbocycles. The first-order chi connectivity index (χ1) is 12.2. The molecule has 0 spiro atoms. The number of hydrogen-bond acceptors (Lipinski definition) is 6. The second-order valence-corrected chi connectivity index (χ2v) is 7.13. The zero-order chi connectivity index (χ0) is 17.4. The van der Waals surface area contributed by atoms with E-state index in [1.165, 1.54) is 20.8 Å². The monoisotopic (exact) mass is 361 g/mol. The number of fused-ring (bicyclic) bond motifs is 1. The van der Waals surface area contributed by atoms with Gasteiger partial charge in [0, 0.05) is 5.56 Å². The third-order valence-corrected chi connectivity index (χ3v) is 5.65. The highest BCUT2D eigenvalue weighted by Gasteiger charge is 2.33. The number of nitrogens with one attached hydrogen (secondary N) is 1. The summed E-state index contributed by atoms with van der Waals surface area (Å²) in [7, 11) is 1.66. The van der Waals surface area contributed by atoms with Gasteiger partial charge in [-0.2, -0.15) is 4.52 Å². The second kappa shape index (κ2) is 6.62. The van der Waals surface area contributed by atoms with E-state index in [1.54, 1.807) is 7.11 Å². The van der Waals surface area contributed by atoms with E-state index in [-0.39, 0.29) is 11.9 Å². The number of nitrogens with zero attached hydrogens (tertiary/aromatic N) is 3. The van der Waals surface area contributed by atoms with Crippen molar-refractivity contribution in [3.63, 3.8) is 0 Å². The molecule has 3 heterocycles. The molecule has 0 aliphatic carbocycles. The molecule has 1 fully saturated rings. The van der Waals surface area contributed by atoms with Crippen LogP contribution < -0.4 is 9.64 Å². The molecule has 0 amide bonds. The fourth-order valence-corrected chi connectivity index (χ4v) is 4.51. The molecule has 0 bridgehead atoms. The van der Waals surface area contributed by atoms with Gasteiger partial charge < -0.3 is 19.5 Å². The van der Waals surface area contributed by atoms with Crippen LogP contribution in [0.25, 0.3) is 4.96 Å². The van der Waals surface area contributed by atoms with Crippen LogP contribution in [0, 0.1) is 6.92 Å². The Balaban J connectivity index is 1.80. The van der Waals surface area contributed by atoms with Gasteiger partial charge in [0.15, 0.2) is 6.04 Å². The molecular formula is C17H21N4O3S+. The molecule has 0 saturated carbocycles. The summed E-state index contributed by atoms with van der Waals surface area (Å²) in [4.78, 5) is 7.37. The second-order valence-electron chi connectivity index (χ2n) is 6.12. The van der Waals surface area contributed by atoms with Crippen LogP contribution in [0.5, 0.6) is 11.6 Å². The average molecular weight is 361 g/mol. The van der Waals surface area contributed by atoms with Crippen molar-refractivity contribution in [3.8, 4) is 11.6 Å². The number of ether oxygens (including phenoxy) is 2. The summed E-state index contributed by atoms with van der Waals surface area (Å²) in [6.45, 7) is 5.06. The van der Waals surface area contributed by atoms with E-state index in [9.17, 15) is 5.11 Å². The van der Waals surface area contributed by atoms with Gasteiger partial charge in [-0.05, 0) is 31.2 Å². The van der Waals surface area contributed by atoms with Crippen molar-refractivity contribution >= 4 is 16.3 Å². The molecule has 25 heavy (non-hydrogen) atoms. The quantitative estimate of drug-likeness (QED) is 0.720. The van der Waals surface area contributed by atoms with Gasteiger partial charge in [0.05, 0.1) is 20.3 Å². The fourth-order valence-electron chi connectivity index (χ4n) is 3.33. The first kappa shape index (κ1) is 16.3. The number of methoxy groups -OCH3 is 1. The molecular weight excluding hydrogens is 340 g/mol. The molecule has 2 aromatic heterocycles. The molecule has 1 saturated heterocycles. The zero-order valence-corrected chi connectivity index (χ0v) is 15.0. The van der Waals surface area contributed by atoms with Crippen LogP contribution in [0.1, 0.15) is 22.3 Å². The molecule has 2 N–H and O–H groups in total. The molecule has 7 nitrogen and oxygen atoms in total. The van der Waals surface area contributed by atoms with E-state index in [0.717, 1.165) is 47.5 Å². The Hall–Kier alpha value is -2.16. The number of morpholine rings is 1. The topological polar surface area (TPSA) is 73.3 Å². The van der Waals surface area contributed by atoms with E-state index in [0.29, 0.717) is 5.82 Å². The Kier molecular flexibility index (Phi) is 4.32. The lowest BCUT2D eigenvalue weighted by Gasteiger charge is -2.31. The smallest absolute Gasteiger partial charge is 0.235 e. The van der Waals surface area contributed by atoms with Crippen molar-refractivity contribution in [1.82, 2.24) is 14.6 Å². The minimum absolute atomic E-state index is 0.0172. The summed E-state index contributed by atoms with van der Waals surface area (Å²) in [6.07, 6.45) is 0. The predicted molar refractivity (Wildman–Crippen MR) is 93.6 cm³/mol. The van der Waals surface area contributed by atoms with Crippen LogP contribution in [0.3, 0.4) is 0 Å². The van der Waals surface area contributed by atoms with E-state index >= 15 is 0 Å². The van der Waals surface area contributed by atoms with Gasteiger partial charge >= 0.3 is 0 Å². The van der Waals surface area contributed by atoms with Crippen molar-refractivity contribution in [2.75, 3.05) is 33.4 Å². The average Bonchev–Trinajstić information content (AvgIpc) is 3.15. The van der Waals surface area contributed by atoms with Gasteiger partial charge in [-0.15, -0.1) is 5.10 Å². The number of aromatic nitrogens is 3. The Morgan fingerprint density at radius 2 is 2.00 bits per heavy atom. The van der Waals surface area contributed by atoms with Crippen molar-refractivity contribution in [2.24, 2.45) is 0 Å². The summed E-state index contributed by atoms with van der Waals surface area (Å²) in [6, 6.07) is 8.06. The molecule has 4 rings (SSSR count). The van der Waals surface area contributed by atoms with Crippen LogP contribution >= 0.6 is 11.3 Å². The van der Waals surface area contributed by atoms with Gasteiger partial charge in [0.1, 0.15) is 29.5 Å². The lowest BCUT2D eigenvalue weighted by atomic mass is 10.0. The van der Waals surface area contributed by atoms with E-state index in [2.05, 4.69) is 22.2 Å². The van der Waals surface area contributed by atoms with Crippen molar-refractivity contribution in [2.45, 2.75) is 13.0 Å². The molecule has 8 heteroatoms. The highest BCUT2D eigenvalue weighted by Crippen LogP contribution is 2.35. The number of aromatic hydroxyl groups is 1. The molecule has 132 valence electrons. The molecule has 1 aliphatic heterocycles. The summed E-state index contributed by atoms with van der Waals surface area (Å²) < 4.78 is 12.3. The summed E-state index contributed by atoms with van der Waals surface area (Å²) in [5, 5.41) is 15.1. The van der Waals surface area contributed by atoms with E-state index in [1.807, 2.05) is 19.1 Å². The van der Waals surface area contributed by atoms with Crippen LogP contribution in [-0.2, 0) is 4.74 Å². The highest BCUT2D eigenvalue weighted by molar-refractivity contribution is 7.17. The van der Waals surface area contributed by atoms with E-state index < -0.39 is 0 Å². The van der Waals surface area contributed by atoms with Gasteiger partial charge in [-0.1, -0.05) is 11.3 Å². The molecule has 1 atom stereocenters. The van der Waals surface area contributed by atoms with Gasteiger partial charge in [0.2, 0.25) is 10.8 Å². The Bertz CT molecular complexity index is 868. The maximum Gasteiger partial charge on any atom is 0.235 e. The summed E-state index contributed by atoms with van der Waals surface area (Å²) in [5.41, 5.74) is 1.13. The largest absolute Gasteiger partial charge is 0.497 e. The van der Waals surface area contributed by atoms with Crippen LogP contribution in [0.2, 0.25) is 0 Å². The third-order valence-electron chi connectivity index (χ3n) is 4.56. The first-order valence-electron chi connectivity index (χ1n) is 8.28. The Morgan fingerprint density at radius 1 is 1.28 bits per heavy atom. The SMILES string of the molecule is COc1ccc([C@@H](c2sc3nc(C)nn3c2O)[NH+]2CCOCC2)cc1. The third kappa shape index (κ3) is 2.97. The van der Waals surface area contributed by atoms with Gasteiger partial charge in [0.25, 0.3) is 0 Å². The number of thiazole rings is 1. The van der Waals surface area contributed by atoms with Gasteiger partial charge in [-0.3, -0.25) is 0 Å². The predicted octanol–water partition coefficient (Wildman–Crippen LogP) is 0.818. The number of benzene rings is 1. The normalized spacial score (nSPS) is 17.0. The number of aryl methyl sites for hydroxylation is 1. The maximum absolute atomic E-state index is 10.8. The standard InChI is InChI=1S/C17H20N4O3S/c1-11-18-17-21(19-11)16(22)15(25-17)14(20-7-9-24-10-8-20)12-3-5-13(23-2)6-4-12/h3-6,14,22H,7-10H2,1-2H3/p+1/t14-/m0/s1. The van der Waals surface area contributed by atoms with Crippen molar-refractivity contribution in [1.29, 1.82) is 0 Å². The van der Waals surface area contributed by atoms with Crippen molar-refractivity contribution in [3.05, 3.63) is 40.5 Å². The zero-order valence-electron chi connectivity index (χ0n) is 14.2. The summed E-state index contributed by atoms with van der Waals surface area (Å²) >= 11 is 1.50. The van der Waals surface area contributed by atoms with Gasteiger partial charge in [-0.25, -0.2) is 4.98 Å². The fraction of sp³-hybridized carbons (Fsp3) is 0.412. The molecule has 3 aromatic rings.